The lowest BCUT2D eigenvalue weighted by Gasteiger charge is -2.31. The molecule has 1 aromatic carbocycles. The summed E-state index contributed by atoms with van der Waals surface area (Å²) in [6, 6.07) is 6.83. The average molecular weight is 346 g/mol. The summed E-state index contributed by atoms with van der Waals surface area (Å²) in [6.45, 7) is 3.69. The van der Waals surface area contributed by atoms with Gasteiger partial charge in [-0.2, -0.15) is 0 Å². The van der Waals surface area contributed by atoms with Gasteiger partial charge < -0.3 is 9.64 Å². The van der Waals surface area contributed by atoms with Crippen LogP contribution in [-0.4, -0.2) is 46.0 Å². The first-order chi connectivity index (χ1) is 12.3. The van der Waals surface area contributed by atoms with Crippen molar-refractivity contribution in [3.8, 4) is 0 Å². The molecule has 2 fully saturated rings. The van der Waals surface area contributed by atoms with Crippen LogP contribution >= 0.6 is 0 Å². The predicted octanol–water partition coefficient (Wildman–Crippen LogP) is 1.15. The van der Waals surface area contributed by atoms with E-state index in [-0.39, 0.29) is 18.0 Å². The molecule has 0 aliphatic carbocycles. The monoisotopic (exact) mass is 346 g/mol. The van der Waals surface area contributed by atoms with Crippen molar-refractivity contribution in [2.24, 2.45) is 0 Å². The number of hydrogen-bond donors (Lipinski definition) is 1. The van der Waals surface area contributed by atoms with Crippen molar-refractivity contribution in [3.05, 3.63) is 41.5 Å². The molecule has 0 amide bonds. The van der Waals surface area contributed by atoms with E-state index in [9.17, 15) is 4.39 Å². The van der Waals surface area contributed by atoms with E-state index in [0.29, 0.717) is 6.54 Å². The third-order valence-corrected chi connectivity index (χ3v) is 5.33. The number of likely N-dealkylation sites (tertiary alicyclic amines) is 1. The summed E-state index contributed by atoms with van der Waals surface area (Å²) in [4.78, 5) is 1.46. The third-order valence-electron chi connectivity index (χ3n) is 5.33. The number of quaternary nitrogens is 1. The SMILES string of the molecule is Fc1ccc([C@H](c2nnnn2C[C@H]2CCCO2)[NH+]2CCCCC2)cc1. The topological polar surface area (TPSA) is 57.3 Å². The zero-order chi connectivity index (χ0) is 17.1. The van der Waals surface area contributed by atoms with E-state index in [2.05, 4.69) is 15.5 Å². The van der Waals surface area contributed by atoms with Crippen LogP contribution in [0.5, 0.6) is 0 Å². The third kappa shape index (κ3) is 3.72. The molecule has 134 valence electrons. The number of ether oxygens (including phenoxy) is 1. The highest BCUT2D eigenvalue weighted by Gasteiger charge is 2.33. The van der Waals surface area contributed by atoms with Crippen molar-refractivity contribution < 1.29 is 14.0 Å². The second kappa shape index (κ2) is 7.58. The summed E-state index contributed by atoms with van der Waals surface area (Å²) in [5.41, 5.74) is 1.07. The molecule has 2 aliphatic rings. The highest BCUT2D eigenvalue weighted by atomic mass is 19.1. The highest BCUT2D eigenvalue weighted by molar-refractivity contribution is 5.23. The molecule has 0 spiro atoms. The second-order valence-corrected chi connectivity index (χ2v) is 7.06. The van der Waals surface area contributed by atoms with Crippen molar-refractivity contribution in [1.82, 2.24) is 20.2 Å². The Kier molecular flexibility index (Phi) is 5.03. The zero-order valence-electron chi connectivity index (χ0n) is 14.4. The molecule has 0 unspecified atom stereocenters. The standard InChI is InChI=1S/C18H24FN5O/c19-15-8-6-14(7-9-15)17(23-10-2-1-3-11-23)18-20-21-22-24(18)13-16-5-4-12-25-16/h6-9,16-17H,1-5,10-13H2/p+1/t16-,17-/m1/s1. The Balaban J connectivity index is 1.65. The predicted molar refractivity (Wildman–Crippen MR) is 89.6 cm³/mol. The smallest absolute Gasteiger partial charge is 0.214 e. The molecule has 3 heterocycles. The fourth-order valence-electron chi connectivity index (χ4n) is 4.05. The lowest BCUT2D eigenvalue weighted by molar-refractivity contribution is -0.931. The van der Waals surface area contributed by atoms with Crippen LogP contribution in [0.3, 0.4) is 0 Å². The Hall–Kier alpha value is -1.86. The number of benzene rings is 1. The van der Waals surface area contributed by atoms with Gasteiger partial charge in [-0.3, -0.25) is 0 Å². The van der Waals surface area contributed by atoms with E-state index < -0.39 is 0 Å². The first-order valence-corrected chi connectivity index (χ1v) is 9.29. The minimum absolute atomic E-state index is 0.0392. The van der Waals surface area contributed by atoms with E-state index in [1.54, 1.807) is 0 Å². The van der Waals surface area contributed by atoms with E-state index in [1.807, 2.05) is 16.8 Å². The fourth-order valence-corrected chi connectivity index (χ4v) is 4.05. The highest BCUT2D eigenvalue weighted by Crippen LogP contribution is 2.21. The van der Waals surface area contributed by atoms with Crippen LogP contribution in [0.25, 0.3) is 0 Å². The maximum absolute atomic E-state index is 13.4. The molecule has 25 heavy (non-hydrogen) atoms. The average Bonchev–Trinajstić information content (AvgIpc) is 3.31. The second-order valence-electron chi connectivity index (χ2n) is 7.06. The number of nitrogens with one attached hydrogen (secondary N) is 1. The molecule has 2 saturated heterocycles. The minimum Gasteiger partial charge on any atom is -0.376 e. The Bertz CT molecular complexity index is 677. The van der Waals surface area contributed by atoms with Gasteiger partial charge in [0.05, 0.1) is 25.7 Å². The molecular formula is C18H25FN5O+. The molecule has 7 heteroatoms. The number of piperidine rings is 1. The van der Waals surface area contributed by atoms with E-state index >= 15 is 0 Å². The summed E-state index contributed by atoms with van der Waals surface area (Å²) < 4.78 is 21.1. The van der Waals surface area contributed by atoms with Gasteiger partial charge >= 0.3 is 0 Å². The van der Waals surface area contributed by atoms with Gasteiger partial charge in [-0.05, 0) is 66.8 Å². The van der Waals surface area contributed by atoms with Crippen molar-refractivity contribution in [1.29, 1.82) is 0 Å². The van der Waals surface area contributed by atoms with Crippen LogP contribution in [0.15, 0.2) is 24.3 Å². The van der Waals surface area contributed by atoms with Crippen LogP contribution in [-0.2, 0) is 11.3 Å². The summed E-state index contributed by atoms with van der Waals surface area (Å²) in [5.74, 6) is 0.647. The molecule has 1 N–H and O–H groups in total. The number of halogens is 1. The van der Waals surface area contributed by atoms with E-state index in [0.717, 1.165) is 43.9 Å². The molecule has 0 radical (unpaired) electrons. The summed E-state index contributed by atoms with van der Waals surface area (Å²) in [7, 11) is 0. The van der Waals surface area contributed by atoms with Gasteiger partial charge in [0.25, 0.3) is 0 Å². The largest absolute Gasteiger partial charge is 0.376 e. The molecule has 0 bridgehead atoms. The molecule has 6 nitrogen and oxygen atoms in total. The molecule has 0 saturated carbocycles. The lowest BCUT2D eigenvalue weighted by atomic mass is 10.0. The van der Waals surface area contributed by atoms with Gasteiger partial charge in [-0.25, -0.2) is 9.07 Å². The van der Waals surface area contributed by atoms with Gasteiger partial charge in [0.15, 0.2) is 6.04 Å². The lowest BCUT2D eigenvalue weighted by Crippen LogP contribution is -3.13. The van der Waals surface area contributed by atoms with Crippen LogP contribution in [0.4, 0.5) is 4.39 Å². The number of rotatable bonds is 5. The fraction of sp³-hybridized carbons (Fsp3) is 0.611. The Morgan fingerprint density at radius 2 is 1.96 bits per heavy atom. The molecule has 4 rings (SSSR count). The van der Waals surface area contributed by atoms with Crippen molar-refractivity contribution in [3.63, 3.8) is 0 Å². The van der Waals surface area contributed by atoms with Gasteiger partial charge in [0.2, 0.25) is 5.82 Å². The van der Waals surface area contributed by atoms with Crippen molar-refractivity contribution >= 4 is 0 Å². The van der Waals surface area contributed by atoms with Crippen LogP contribution in [0, 0.1) is 5.82 Å². The maximum Gasteiger partial charge on any atom is 0.214 e. The molecule has 2 aromatic rings. The Morgan fingerprint density at radius 3 is 2.68 bits per heavy atom. The van der Waals surface area contributed by atoms with Crippen molar-refractivity contribution in [2.45, 2.75) is 50.8 Å². The van der Waals surface area contributed by atoms with Gasteiger partial charge in [-0.15, -0.1) is 5.10 Å². The Labute approximate surface area is 147 Å². The van der Waals surface area contributed by atoms with E-state index in [4.69, 9.17) is 4.74 Å². The van der Waals surface area contributed by atoms with Crippen LogP contribution < -0.4 is 4.90 Å². The molecular weight excluding hydrogens is 321 g/mol. The summed E-state index contributed by atoms with van der Waals surface area (Å²) in [6.07, 6.45) is 6.03. The molecule has 2 atom stereocenters. The van der Waals surface area contributed by atoms with Gasteiger partial charge in [0, 0.05) is 12.2 Å². The quantitative estimate of drug-likeness (QED) is 0.882. The number of nitrogens with zero attached hydrogens (tertiary/aromatic N) is 4. The summed E-state index contributed by atoms with van der Waals surface area (Å²) >= 11 is 0. The number of aromatic nitrogens is 4. The molecule has 1 aromatic heterocycles. The van der Waals surface area contributed by atoms with Crippen LogP contribution in [0.2, 0.25) is 0 Å². The van der Waals surface area contributed by atoms with Gasteiger partial charge in [0.1, 0.15) is 5.82 Å². The first-order valence-electron chi connectivity index (χ1n) is 9.29. The summed E-state index contributed by atoms with van der Waals surface area (Å²) in [5, 5.41) is 12.5. The minimum atomic E-state index is -0.213. The number of hydrogen-bond acceptors (Lipinski definition) is 4. The van der Waals surface area contributed by atoms with Gasteiger partial charge in [-0.1, -0.05) is 0 Å². The zero-order valence-corrected chi connectivity index (χ0v) is 14.4. The molecule has 2 aliphatic heterocycles. The van der Waals surface area contributed by atoms with E-state index in [1.165, 1.54) is 36.3 Å². The van der Waals surface area contributed by atoms with Crippen LogP contribution in [0.1, 0.15) is 49.5 Å². The Morgan fingerprint density at radius 1 is 1.16 bits per heavy atom. The normalized spacial score (nSPS) is 23.0. The first kappa shape index (κ1) is 16.6. The maximum atomic E-state index is 13.4. The van der Waals surface area contributed by atoms with Crippen molar-refractivity contribution in [2.75, 3.05) is 19.7 Å². The number of tetrazole rings is 1.